The number of nitrogens with two attached hydrogens (primary N) is 2. The first-order valence-electron chi connectivity index (χ1n) is 9.31. The van der Waals surface area contributed by atoms with E-state index in [2.05, 4.69) is 4.98 Å². The van der Waals surface area contributed by atoms with Gasteiger partial charge in [-0.1, -0.05) is 18.2 Å². The maximum absolute atomic E-state index is 12.1. The third-order valence-corrected chi connectivity index (χ3v) is 7.30. The molecule has 0 bridgehead atoms. The van der Waals surface area contributed by atoms with Crippen LogP contribution in [-0.2, 0) is 9.84 Å². The molecule has 0 atom stereocenters. The molecular weight excluding hydrogens is 390 g/mol. The van der Waals surface area contributed by atoms with Crippen LogP contribution >= 0.6 is 0 Å². The van der Waals surface area contributed by atoms with Crippen LogP contribution in [-0.4, -0.2) is 36.7 Å². The third kappa shape index (κ3) is 3.51. The van der Waals surface area contributed by atoms with Gasteiger partial charge in [-0.05, 0) is 53.6 Å². The van der Waals surface area contributed by atoms with Crippen molar-refractivity contribution in [1.29, 1.82) is 0 Å². The summed E-state index contributed by atoms with van der Waals surface area (Å²) >= 11 is 0. The molecule has 7 nitrogen and oxygen atoms in total. The molecule has 1 aliphatic heterocycles. The van der Waals surface area contributed by atoms with E-state index in [-0.39, 0.29) is 17.4 Å². The Morgan fingerprint density at radius 2 is 1.62 bits per heavy atom. The summed E-state index contributed by atoms with van der Waals surface area (Å²) in [6.07, 6.45) is 2.88. The summed E-state index contributed by atoms with van der Waals surface area (Å²) in [5.74, 6) is -0.787. The quantitative estimate of drug-likeness (QED) is 0.607. The minimum atomic E-state index is -2.98. The number of rotatable bonds is 4. The second-order valence-corrected chi connectivity index (χ2v) is 9.69. The van der Waals surface area contributed by atoms with Crippen LogP contribution < -0.4 is 11.5 Å². The molecule has 0 saturated carbocycles. The summed E-state index contributed by atoms with van der Waals surface area (Å²) in [6.45, 7) is 0. The molecule has 8 heteroatoms. The Kier molecular flexibility index (Phi) is 4.66. The topological polar surface area (TPSA) is 136 Å². The molecule has 0 unspecified atom stereocenters. The van der Waals surface area contributed by atoms with Gasteiger partial charge in [-0.2, -0.15) is 0 Å². The molecule has 1 aromatic heterocycles. The number of carbonyl (C=O) groups excluding carboxylic acids is 2. The molecule has 1 saturated heterocycles. The number of hydrogen-bond donors (Lipinski definition) is 3. The molecule has 0 radical (unpaired) electrons. The van der Waals surface area contributed by atoms with Crippen LogP contribution in [0.3, 0.4) is 0 Å². The van der Waals surface area contributed by atoms with E-state index in [1.807, 2.05) is 12.3 Å². The summed E-state index contributed by atoms with van der Waals surface area (Å²) in [7, 11) is -2.98. The van der Waals surface area contributed by atoms with Gasteiger partial charge >= 0.3 is 0 Å². The zero-order valence-electron chi connectivity index (χ0n) is 15.6. The first-order valence-corrected chi connectivity index (χ1v) is 11.1. The molecule has 1 aliphatic rings. The first-order chi connectivity index (χ1) is 13.8. The maximum Gasteiger partial charge on any atom is 0.250 e. The van der Waals surface area contributed by atoms with Gasteiger partial charge in [0.2, 0.25) is 5.91 Å². The lowest BCUT2D eigenvalue weighted by Gasteiger charge is -2.21. The number of hydrogen-bond acceptors (Lipinski definition) is 4. The molecule has 0 spiro atoms. The molecule has 150 valence electrons. The lowest BCUT2D eigenvalue weighted by atomic mass is 9.90. The van der Waals surface area contributed by atoms with Crippen molar-refractivity contribution in [3.05, 3.63) is 59.3 Å². The average Bonchev–Trinajstić information content (AvgIpc) is 3.11. The Bertz CT molecular complexity index is 1230. The normalized spacial score (nSPS) is 16.7. The molecule has 29 heavy (non-hydrogen) atoms. The van der Waals surface area contributed by atoms with Crippen molar-refractivity contribution in [2.75, 3.05) is 11.5 Å². The van der Waals surface area contributed by atoms with Crippen LogP contribution in [0.1, 0.15) is 45.0 Å². The highest BCUT2D eigenvalue weighted by Crippen LogP contribution is 2.37. The number of sulfone groups is 1. The van der Waals surface area contributed by atoms with E-state index in [0.29, 0.717) is 40.6 Å². The zero-order valence-corrected chi connectivity index (χ0v) is 16.5. The Balaban J connectivity index is 1.90. The van der Waals surface area contributed by atoms with Gasteiger partial charge in [-0.3, -0.25) is 9.59 Å². The molecule has 5 N–H and O–H groups in total. The van der Waals surface area contributed by atoms with Crippen molar-refractivity contribution in [2.24, 2.45) is 11.5 Å². The van der Waals surface area contributed by atoms with Gasteiger partial charge < -0.3 is 16.5 Å². The fourth-order valence-electron chi connectivity index (χ4n) is 4.09. The lowest BCUT2D eigenvalue weighted by Crippen LogP contribution is -2.22. The van der Waals surface area contributed by atoms with Gasteiger partial charge in [0.1, 0.15) is 9.84 Å². The number of primary amides is 2. The lowest BCUT2D eigenvalue weighted by molar-refractivity contribution is 0.0993. The van der Waals surface area contributed by atoms with E-state index < -0.39 is 21.7 Å². The number of amides is 2. The smallest absolute Gasteiger partial charge is 0.250 e. The fourth-order valence-corrected chi connectivity index (χ4v) is 5.58. The summed E-state index contributed by atoms with van der Waals surface area (Å²) in [4.78, 5) is 27.1. The predicted molar refractivity (Wildman–Crippen MR) is 111 cm³/mol. The zero-order chi connectivity index (χ0) is 20.8. The minimum Gasteiger partial charge on any atom is -0.366 e. The SMILES string of the molecule is NC(=O)c1ccccc1-c1cc(C(N)=O)c2[nH]cc(C3CCS(=O)(=O)CC3)c2c1. The Hall–Kier alpha value is -3.13. The number of fused-ring (bicyclic) bond motifs is 1. The molecule has 2 aromatic carbocycles. The van der Waals surface area contributed by atoms with E-state index in [0.717, 1.165) is 10.9 Å². The van der Waals surface area contributed by atoms with Crippen molar-refractivity contribution in [3.8, 4) is 11.1 Å². The van der Waals surface area contributed by atoms with Crippen molar-refractivity contribution in [1.82, 2.24) is 4.98 Å². The van der Waals surface area contributed by atoms with Gasteiger partial charge in [0.25, 0.3) is 5.91 Å². The standard InChI is InChI=1S/C21H21N3O4S/c22-20(25)15-4-2-1-3-14(15)13-9-16-18(12-5-7-29(27,28)8-6-12)11-24-19(16)17(10-13)21(23)26/h1-4,9-12,24H,5-8H2,(H2,22,25)(H2,23,26). The van der Waals surface area contributed by atoms with Crippen LogP contribution in [0.15, 0.2) is 42.6 Å². The largest absolute Gasteiger partial charge is 0.366 e. The second-order valence-electron chi connectivity index (χ2n) is 7.39. The van der Waals surface area contributed by atoms with Gasteiger partial charge in [0.05, 0.1) is 22.6 Å². The predicted octanol–water partition coefficient (Wildman–Crippen LogP) is 2.32. The number of aromatic amines is 1. The molecule has 3 aromatic rings. The van der Waals surface area contributed by atoms with Gasteiger partial charge in [0, 0.05) is 17.1 Å². The van der Waals surface area contributed by atoms with Crippen LogP contribution in [0, 0.1) is 0 Å². The van der Waals surface area contributed by atoms with Crippen LogP contribution in [0.4, 0.5) is 0 Å². The van der Waals surface area contributed by atoms with E-state index >= 15 is 0 Å². The Morgan fingerprint density at radius 1 is 0.966 bits per heavy atom. The number of carbonyl (C=O) groups is 2. The van der Waals surface area contributed by atoms with Crippen molar-refractivity contribution < 1.29 is 18.0 Å². The van der Waals surface area contributed by atoms with Gasteiger partial charge in [0.15, 0.2) is 0 Å². The van der Waals surface area contributed by atoms with Crippen LogP contribution in [0.2, 0.25) is 0 Å². The Morgan fingerprint density at radius 3 is 2.28 bits per heavy atom. The molecule has 4 rings (SSSR count). The average molecular weight is 411 g/mol. The second kappa shape index (κ2) is 7.04. The number of benzene rings is 2. The fraction of sp³-hybridized carbons (Fsp3) is 0.238. The molecule has 2 heterocycles. The highest BCUT2D eigenvalue weighted by Gasteiger charge is 2.27. The van der Waals surface area contributed by atoms with Gasteiger partial charge in [-0.25, -0.2) is 8.42 Å². The van der Waals surface area contributed by atoms with E-state index in [9.17, 15) is 18.0 Å². The van der Waals surface area contributed by atoms with Crippen LogP contribution in [0.25, 0.3) is 22.0 Å². The van der Waals surface area contributed by atoms with Crippen molar-refractivity contribution in [2.45, 2.75) is 18.8 Å². The highest BCUT2D eigenvalue weighted by atomic mass is 32.2. The number of H-pyrrole nitrogens is 1. The monoisotopic (exact) mass is 411 g/mol. The summed E-state index contributed by atoms with van der Waals surface area (Å²) in [6, 6.07) is 10.5. The van der Waals surface area contributed by atoms with Gasteiger partial charge in [-0.15, -0.1) is 0 Å². The highest BCUT2D eigenvalue weighted by molar-refractivity contribution is 7.91. The number of aromatic nitrogens is 1. The molecule has 0 aliphatic carbocycles. The van der Waals surface area contributed by atoms with Crippen LogP contribution in [0.5, 0.6) is 0 Å². The summed E-state index contributed by atoms with van der Waals surface area (Å²) in [5, 5.41) is 0.805. The number of nitrogens with one attached hydrogen (secondary N) is 1. The van der Waals surface area contributed by atoms with E-state index in [1.54, 1.807) is 30.3 Å². The Labute approximate surface area is 168 Å². The molecule has 2 amide bonds. The molecular formula is C21H21N3O4S. The van der Waals surface area contributed by atoms with Crippen molar-refractivity contribution in [3.63, 3.8) is 0 Å². The molecule has 1 fully saturated rings. The third-order valence-electron chi connectivity index (χ3n) is 5.58. The summed E-state index contributed by atoms with van der Waals surface area (Å²) < 4.78 is 23.6. The minimum absolute atomic E-state index is 0.0645. The summed E-state index contributed by atoms with van der Waals surface area (Å²) in [5.41, 5.74) is 14.6. The maximum atomic E-state index is 12.1. The van der Waals surface area contributed by atoms with E-state index in [1.165, 1.54) is 0 Å². The van der Waals surface area contributed by atoms with E-state index in [4.69, 9.17) is 11.5 Å². The first kappa shape index (κ1) is 19.2. The van der Waals surface area contributed by atoms with Crippen molar-refractivity contribution >= 4 is 32.6 Å².